The third-order valence-electron chi connectivity index (χ3n) is 2.81. The average molecular weight is 272 g/mol. The van der Waals surface area contributed by atoms with E-state index in [-0.39, 0.29) is 0 Å². The summed E-state index contributed by atoms with van der Waals surface area (Å²) in [6.45, 7) is 2.20. The summed E-state index contributed by atoms with van der Waals surface area (Å²) in [5, 5.41) is 6.41. The van der Waals surface area contributed by atoms with E-state index < -0.39 is 0 Å². The quantitative estimate of drug-likeness (QED) is 0.721. The Balaban J connectivity index is 1.79. The van der Waals surface area contributed by atoms with Crippen molar-refractivity contribution in [3.63, 3.8) is 0 Å². The van der Waals surface area contributed by atoms with Gasteiger partial charge < -0.3 is 15.4 Å². The lowest BCUT2D eigenvalue weighted by molar-refractivity contribution is 0.210. The topological polar surface area (TPSA) is 59.1 Å². The van der Waals surface area contributed by atoms with Gasteiger partial charge in [0.25, 0.3) is 0 Å². The van der Waals surface area contributed by atoms with Crippen LogP contribution in [0.1, 0.15) is 5.56 Å². The molecule has 20 heavy (non-hydrogen) atoms. The molecule has 0 saturated carbocycles. The molecule has 1 aromatic carbocycles. The molecule has 0 bridgehead atoms. The SMILES string of the molecule is COCCNc1ccnc(NCCc2ccccc2)n1. The molecule has 0 unspecified atom stereocenters. The van der Waals surface area contributed by atoms with Gasteiger partial charge in [-0.2, -0.15) is 4.98 Å². The number of benzene rings is 1. The molecule has 0 spiro atoms. The third kappa shape index (κ3) is 4.85. The summed E-state index contributed by atoms with van der Waals surface area (Å²) in [6, 6.07) is 12.2. The first-order chi connectivity index (χ1) is 9.88. The minimum absolute atomic E-state index is 0.642. The minimum Gasteiger partial charge on any atom is -0.383 e. The Morgan fingerprint density at radius 2 is 1.90 bits per heavy atom. The van der Waals surface area contributed by atoms with Crippen LogP contribution >= 0.6 is 0 Å². The number of ether oxygens (including phenoxy) is 1. The van der Waals surface area contributed by atoms with E-state index in [0.717, 1.165) is 25.3 Å². The van der Waals surface area contributed by atoms with Crippen molar-refractivity contribution in [3.8, 4) is 0 Å². The van der Waals surface area contributed by atoms with Crippen LogP contribution < -0.4 is 10.6 Å². The van der Waals surface area contributed by atoms with E-state index in [2.05, 4.69) is 32.7 Å². The van der Waals surface area contributed by atoms with Crippen molar-refractivity contribution >= 4 is 11.8 Å². The van der Waals surface area contributed by atoms with Crippen molar-refractivity contribution in [2.45, 2.75) is 6.42 Å². The lowest BCUT2D eigenvalue weighted by Crippen LogP contribution is -2.11. The van der Waals surface area contributed by atoms with Gasteiger partial charge in [-0.15, -0.1) is 0 Å². The molecule has 5 nitrogen and oxygen atoms in total. The fourth-order valence-electron chi connectivity index (χ4n) is 1.79. The van der Waals surface area contributed by atoms with Gasteiger partial charge in [0.2, 0.25) is 5.95 Å². The van der Waals surface area contributed by atoms with Crippen molar-refractivity contribution in [1.29, 1.82) is 0 Å². The summed E-state index contributed by atoms with van der Waals surface area (Å²) < 4.78 is 4.99. The molecule has 106 valence electrons. The van der Waals surface area contributed by atoms with Crippen molar-refractivity contribution in [3.05, 3.63) is 48.2 Å². The highest BCUT2D eigenvalue weighted by atomic mass is 16.5. The molecular weight excluding hydrogens is 252 g/mol. The van der Waals surface area contributed by atoms with Gasteiger partial charge in [-0.3, -0.25) is 0 Å². The Kier molecular flexibility index (Phi) is 5.79. The highest BCUT2D eigenvalue weighted by molar-refractivity contribution is 5.39. The van der Waals surface area contributed by atoms with E-state index in [0.29, 0.717) is 12.6 Å². The number of aromatic nitrogens is 2. The van der Waals surface area contributed by atoms with Crippen LogP contribution in [0.5, 0.6) is 0 Å². The Morgan fingerprint density at radius 1 is 1.05 bits per heavy atom. The van der Waals surface area contributed by atoms with E-state index in [1.165, 1.54) is 5.56 Å². The molecule has 0 aliphatic rings. The van der Waals surface area contributed by atoms with E-state index >= 15 is 0 Å². The molecule has 1 heterocycles. The molecule has 0 amide bonds. The molecule has 2 aromatic rings. The molecule has 0 radical (unpaired) electrons. The first-order valence-corrected chi connectivity index (χ1v) is 6.72. The zero-order chi connectivity index (χ0) is 14.0. The van der Waals surface area contributed by atoms with Gasteiger partial charge in [0.05, 0.1) is 6.61 Å². The molecular formula is C15H20N4O. The van der Waals surface area contributed by atoms with Crippen LogP contribution in [0.25, 0.3) is 0 Å². The fourth-order valence-corrected chi connectivity index (χ4v) is 1.79. The Hall–Kier alpha value is -2.14. The number of nitrogens with one attached hydrogen (secondary N) is 2. The van der Waals surface area contributed by atoms with Crippen LogP contribution in [0.3, 0.4) is 0 Å². The van der Waals surface area contributed by atoms with Crippen molar-refractivity contribution in [2.75, 3.05) is 37.4 Å². The fraction of sp³-hybridized carbons (Fsp3) is 0.333. The zero-order valence-electron chi connectivity index (χ0n) is 11.7. The largest absolute Gasteiger partial charge is 0.383 e. The highest BCUT2D eigenvalue weighted by Crippen LogP contribution is 2.06. The van der Waals surface area contributed by atoms with Crippen LogP contribution in [0.4, 0.5) is 11.8 Å². The van der Waals surface area contributed by atoms with Gasteiger partial charge in [0.15, 0.2) is 0 Å². The van der Waals surface area contributed by atoms with Gasteiger partial charge in [-0.1, -0.05) is 30.3 Å². The molecule has 0 aliphatic heterocycles. The average Bonchev–Trinajstić information content (AvgIpc) is 2.49. The van der Waals surface area contributed by atoms with Crippen LogP contribution in [-0.2, 0) is 11.2 Å². The van der Waals surface area contributed by atoms with Crippen LogP contribution in [0.2, 0.25) is 0 Å². The van der Waals surface area contributed by atoms with Crippen molar-refractivity contribution < 1.29 is 4.74 Å². The summed E-state index contributed by atoms with van der Waals surface area (Å²) >= 11 is 0. The van der Waals surface area contributed by atoms with Crippen molar-refractivity contribution in [1.82, 2.24) is 9.97 Å². The van der Waals surface area contributed by atoms with E-state index in [4.69, 9.17) is 4.74 Å². The van der Waals surface area contributed by atoms with Gasteiger partial charge >= 0.3 is 0 Å². The summed E-state index contributed by atoms with van der Waals surface area (Å²) in [6.07, 6.45) is 2.69. The molecule has 0 aliphatic carbocycles. The van der Waals surface area contributed by atoms with Gasteiger partial charge in [-0.05, 0) is 18.1 Å². The molecule has 2 N–H and O–H groups in total. The van der Waals surface area contributed by atoms with Crippen LogP contribution in [0.15, 0.2) is 42.6 Å². The maximum atomic E-state index is 4.99. The Bertz CT molecular complexity index is 504. The lowest BCUT2D eigenvalue weighted by atomic mass is 10.1. The summed E-state index contributed by atoms with van der Waals surface area (Å²) in [5.41, 5.74) is 1.30. The molecule has 0 saturated heterocycles. The third-order valence-corrected chi connectivity index (χ3v) is 2.81. The first-order valence-electron chi connectivity index (χ1n) is 6.72. The second-order valence-corrected chi connectivity index (χ2v) is 4.35. The smallest absolute Gasteiger partial charge is 0.224 e. The Labute approximate surface area is 119 Å². The first kappa shape index (κ1) is 14.3. The van der Waals surface area contributed by atoms with E-state index in [1.807, 2.05) is 24.3 Å². The molecule has 5 heteroatoms. The second kappa shape index (κ2) is 8.12. The Morgan fingerprint density at radius 3 is 2.70 bits per heavy atom. The van der Waals surface area contributed by atoms with Gasteiger partial charge in [0.1, 0.15) is 5.82 Å². The molecule has 0 atom stereocenters. The monoisotopic (exact) mass is 272 g/mol. The number of anilines is 2. The maximum Gasteiger partial charge on any atom is 0.224 e. The van der Waals surface area contributed by atoms with E-state index in [9.17, 15) is 0 Å². The van der Waals surface area contributed by atoms with Crippen LogP contribution in [-0.4, -0.2) is 36.8 Å². The van der Waals surface area contributed by atoms with Gasteiger partial charge in [-0.25, -0.2) is 4.98 Å². The minimum atomic E-state index is 0.642. The van der Waals surface area contributed by atoms with Crippen LogP contribution in [0, 0.1) is 0 Å². The molecule has 0 fully saturated rings. The number of methoxy groups -OCH3 is 1. The lowest BCUT2D eigenvalue weighted by Gasteiger charge is -2.08. The summed E-state index contributed by atoms with van der Waals surface area (Å²) in [4.78, 5) is 8.59. The number of hydrogen-bond donors (Lipinski definition) is 2. The number of hydrogen-bond acceptors (Lipinski definition) is 5. The highest BCUT2D eigenvalue weighted by Gasteiger charge is 1.98. The zero-order valence-corrected chi connectivity index (χ0v) is 11.7. The van der Waals surface area contributed by atoms with Crippen molar-refractivity contribution in [2.24, 2.45) is 0 Å². The number of rotatable bonds is 8. The summed E-state index contributed by atoms with van der Waals surface area (Å²) in [7, 11) is 1.68. The predicted octanol–water partition coefficient (Wildman–Crippen LogP) is 2.19. The normalized spacial score (nSPS) is 10.2. The molecule has 2 rings (SSSR count). The second-order valence-electron chi connectivity index (χ2n) is 4.35. The summed E-state index contributed by atoms with van der Waals surface area (Å²) in [5.74, 6) is 1.45. The molecule has 1 aromatic heterocycles. The maximum absolute atomic E-state index is 4.99. The van der Waals surface area contributed by atoms with E-state index in [1.54, 1.807) is 13.3 Å². The standard InChI is InChI=1S/C15H20N4O/c1-20-12-11-16-14-8-10-18-15(19-14)17-9-7-13-5-3-2-4-6-13/h2-6,8,10H,7,9,11-12H2,1H3,(H2,16,17,18,19). The predicted molar refractivity (Wildman–Crippen MR) is 81.0 cm³/mol. The van der Waals surface area contributed by atoms with Gasteiger partial charge in [0, 0.05) is 26.4 Å². The number of nitrogens with zero attached hydrogens (tertiary/aromatic N) is 2.